The summed E-state index contributed by atoms with van der Waals surface area (Å²) in [7, 11) is 0. The SMILES string of the molecule is OC(c1cnc(C(F)(F)F)s1)c1cccc2c1NCC2. The van der Waals surface area contributed by atoms with Gasteiger partial charge in [0.15, 0.2) is 5.01 Å². The van der Waals surface area contributed by atoms with E-state index in [-0.39, 0.29) is 4.88 Å². The summed E-state index contributed by atoms with van der Waals surface area (Å²) < 4.78 is 37.6. The zero-order valence-electron chi connectivity index (χ0n) is 10.2. The van der Waals surface area contributed by atoms with Crippen LogP contribution < -0.4 is 5.32 Å². The monoisotopic (exact) mass is 300 g/mol. The van der Waals surface area contributed by atoms with Crippen LogP contribution in [-0.4, -0.2) is 16.6 Å². The average Bonchev–Trinajstić information content (AvgIpc) is 3.05. The van der Waals surface area contributed by atoms with Crippen molar-refractivity contribution < 1.29 is 18.3 Å². The first kappa shape index (κ1) is 13.4. The molecule has 0 fully saturated rings. The molecule has 0 spiro atoms. The fourth-order valence-electron chi connectivity index (χ4n) is 2.29. The lowest BCUT2D eigenvalue weighted by molar-refractivity contribution is -0.137. The molecule has 0 aliphatic carbocycles. The van der Waals surface area contributed by atoms with Crippen molar-refractivity contribution in [3.63, 3.8) is 0 Å². The molecule has 0 bridgehead atoms. The van der Waals surface area contributed by atoms with Gasteiger partial charge in [-0.1, -0.05) is 18.2 Å². The molecule has 2 heterocycles. The molecule has 106 valence electrons. The number of fused-ring (bicyclic) bond motifs is 1. The van der Waals surface area contributed by atoms with E-state index in [1.165, 1.54) is 0 Å². The molecule has 3 rings (SSSR count). The Kier molecular flexibility index (Phi) is 3.18. The molecular weight excluding hydrogens is 289 g/mol. The Labute approximate surface area is 117 Å². The highest BCUT2D eigenvalue weighted by Crippen LogP contribution is 2.39. The molecule has 1 aliphatic rings. The number of thiazole rings is 1. The highest BCUT2D eigenvalue weighted by Gasteiger charge is 2.35. The molecule has 7 heteroatoms. The van der Waals surface area contributed by atoms with E-state index < -0.39 is 17.3 Å². The molecule has 0 saturated carbocycles. The molecular formula is C13H11F3N2OS. The summed E-state index contributed by atoms with van der Waals surface area (Å²) in [4.78, 5) is 3.53. The maximum absolute atomic E-state index is 12.5. The van der Waals surface area contributed by atoms with Crippen molar-refractivity contribution in [1.29, 1.82) is 0 Å². The maximum Gasteiger partial charge on any atom is 0.443 e. The summed E-state index contributed by atoms with van der Waals surface area (Å²) in [5, 5.41) is 12.5. The van der Waals surface area contributed by atoms with Gasteiger partial charge in [-0.25, -0.2) is 4.98 Å². The Morgan fingerprint density at radius 1 is 1.35 bits per heavy atom. The van der Waals surface area contributed by atoms with Crippen molar-refractivity contribution in [2.24, 2.45) is 0 Å². The summed E-state index contributed by atoms with van der Waals surface area (Å²) in [5.41, 5.74) is 2.49. The highest BCUT2D eigenvalue weighted by atomic mass is 32.1. The van der Waals surface area contributed by atoms with Gasteiger partial charge in [0, 0.05) is 24.0 Å². The third kappa shape index (κ3) is 2.27. The summed E-state index contributed by atoms with van der Waals surface area (Å²) in [5.74, 6) is 0. The van der Waals surface area contributed by atoms with Gasteiger partial charge in [0.05, 0.1) is 4.88 Å². The normalized spacial score (nSPS) is 15.8. The summed E-state index contributed by atoms with van der Waals surface area (Å²) in [6, 6.07) is 5.46. The molecule has 1 unspecified atom stereocenters. The minimum Gasteiger partial charge on any atom is -0.384 e. The lowest BCUT2D eigenvalue weighted by Gasteiger charge is -2.13. The van der Waals surface area contributed by atoms with Gasteiger partial charge in [0.25, 0.3) is 0 Å². The zero-order valence-corrected chi connectivity index (χ0v) is 11.1. The van der Waals surface area contributed by atoms with Crippen LogP contribution in [-0.2, 0) is 12.6 Å². The van der Waals surface area contributed by atoms with Crippen molar-refractivity contribution in [3.8, 4) is 0 Å². The number of halogens is 3. The zero-order chi connectivity index (χ0) is 14.3. The number of aliphatic hydroxyl groups excluding tert-OH is 1. The van der Waals surface area contributed by atoms with Crippen LogP contribution >= 0.6 is 11.3 Å². The standard InChI is InChI=1S/C13H11F3N2OS/c14-13(15,16)12-18-6-9(20-12)11(19)8-3-1-2-7-4-5-17-10(7)8/h1-3,6,11,17,19H,4-5H2. The Morgan fingerprint density at radius 3 is 2.85 bits per heavy atom. The Balaban J connectivity index is 1.95. The van der Waals surface area contributed by atoms with Crippen LogP contribution in [0, 0.1) is 0 Å². The maximum atomic E-state index is 12.5. The van der Waals surface area contributed by atoms with Crippen LogP contribution in [0.2, 0.25) is 0 Å². The molecule has 20 heavy (non-hydrogen) atoms. The van der Waals surface area contributed by atoms with Crippen LogP contribution in [0.1, 0.15) is 27.1 Å². The number of aromatic nitrogens is 1. The summed E-state index contributed by atoms with van der Waals surface area (Å²) in [6.07, 6.45) is -3.62. The fourth-order valence-corrected chi connectivity index (χ4v) is 3.08. The first-order chi connectivity index (χ1) is 9.47. The molecule has 0 radical (unpaired) electrons. The van der Waals surface area contributed by atoms with Gasteiger partial charge in [0.1, 0.15) is 6.10 Å². The van der Waals surface area contributed by atoms with E-state index in [2.05, 4.69) is 10.3 Å². The van der Waals surface area contributed by atoms with Crippen molar-refractivity contribution in [2.45, 2.75) is 18.7 Å². The van der Waals surface area contributed by atoms with Crippen molar-refractivity contribution in [2.75, 3.05) is 11.9 Å². The smallest absolute Gasteiger partial charge is 0.384 e. The number of para-hydroxylation sites is 1. The number of benzene rings is 1. The Bertz CT molecular complexity index is 639. The molecule has 2 N–H and O–H groups in total. The highest BCUT2D eigenvalue weighted by molar-refractivity contribution is 7.11. The average molecular weight is 300 g/mol. The quantitative estimate of drug-likeness (QED) is 0.895. The van der Waals surface area contributed by atoms with Crippen LogP contribution in [0.25, 0.3) is 0 Å². The van der Waals surface area contributed by atoms with E-state index in [1.807, 2.05) is 6.07 Å². The number of hydrogen-bond donors (Lipinski definition) is 2. The molecule has 1 atom stereocenters. The van der Waals surface area contributed by atoms with E-state index >= 15 is 0 Å². The summed E-state index contributed by atoms with van der Waals surface area (Å²) in [6.45, 7) is 0.773. The molecule has 2 aromatic rings. The second kappa shape index (κ2) is 4.75. The minimum atomic E-state index is -4.47. The van der Waals surface area contributed by atoms with Gasteiger partial charge in [0.2, 0.25) is 0 Å². The molecule has 0 amide bonds. The van der Waals surface area contributed by atoms with Crippen LogP contribution in [0.5, 0.6) is 0 Å². The lowest BCUT2D eigenvalue weighted by atomic mass is 10.0. The van der Waals surface area contributed by atoms with Gasteiger partial charge < -0.3 is 10.4 Å². The molecule has 1 aromatic heterocycles. The van der Waals surface area contributed by atoms with E-state index in [0.29, 0.717) is 16.9 Å². The number of nitrogens with one attached hydrogen (secondary N) is 1. The third-order valence-electron chi connectivity index (χ3n) is 3.21. The first-order valence-electron chi connectivity index (χ1n) is 6.03. The second-order valence-corrected chi connectivity index (χ2v) is 5.59. The van der Waals surface area contributed by atoms with Crippen molar-refractivity contribution in [1.82, 2.24) is 4.98 Å². The van der Waals surface area contributed by atoms with Gasteiger partial charge in [-0.3, -0.25) is 0 Å². The Morgan fingerprint density at radius 2 is 2.15 bits per heavy atom. The van der Waals surface area contributed by atoms with E-state index in [9.17, 15) is 18.3 Å². The van der Waals surface area contributed by atoms with Crippen molar-refractivity contribution >= 4 is 17.0 Å². The second-order valence-electron chi connectivity index (χ2n) is 4.53. The molecule has 0 saturated heterocycles. The number of alkyl halides is 3. The molecule has 1 aromatic carbocycles. The number of nitrogens with zero attached hydrogens (tertiary/aromatic N) is 1. The largest absolute Gasteiger partial charge is 0.443 e. The molecule has 1 aliphatic heterocycles. The van der Waals surface area contributed by atoms with E-state index in [1.54, 1.807) is 12.1 Å². The number of aliphatic hydroxyl groups is 1. The number of hydrogen-bond acceptors (Lipinski definition) is 4. The Hall–Kier alpha value is -1.60. The predicted molar refractivity (Wildman–Crippen MR) is 69.8 cm³/mol. The van der Waals surface area contributed by atoms with E-state index in [4.69, 9.17) is 0 Å². The van der Waals surface area contributed by atoms with Crippen LogP contribution in [0.15, 0.2) is 24.4 Å². The first-order valence-corrected chi connectivity index (χ1v) is 6.85. The lowest BCUT2D eigenvalue weighted by Crippen LogP contribution is -2.03. The number of rotatable bonds is 2. The summed E-state index contributed by atoms with van der Waals surface area (Å²) >= 11 is 0.474. The fraction of sp³-hybridized carbons (Fsp3) is 0.308. The minimum absolute atomic E-state index is 0.194. The number of anilines is 1. The van der Waals surface area contributed by atoms with Gasteiger partial charge in [-0.2, -0.15) is 13.2 Å². The molecule has 3 nitrogen and oxygen atoms in total. The van der Waals surface area contributed by atoms with Gasteiger partial charge in [-0.05, 0) is 12.0 Å². The van der Waals surface area contributed by atoms with E-state index in [0.717, 1.165) is 30.4 Å². The van der Waals surface area contributed by atoms with Crippen molar-refractivity contribution in [3.05, 3.63) is 45.4 Å². The van der Waals surface area contributed by atoms with Gasteiger partial charge >= 0.3 is 6.18 Å². The van der Waals surface area contributed by atoms with Gasteiger partial charge in [-0.15, -0.1) is 11.3 Å². The topological polar surface area (TPSA) is 45.2 Å². The predicted octanol–water partition coefficient (Wildman–Crippen LogP) is 3.21. The van der Waals surface area contributed by atoms with Crippen LogP contribution in [0.4, 0.5) is 18.9 Å². The van der Waals surface area contributed by atoms with Crippen LogP contribution in [0.3, 0.4) is 0 Å². The third-order valence-corrected chi connectivity index (χ3v) is 4.30.